The Labute approximate surface area is 114 Å². The van der Waals surface area contributed by atoms with E-state index in [4.69, 9.17) is 9.63 Å². The molecule has 0 saturated heterocycles. The maximum atomic E-state index is 10.8. The van der Waals surface area contributed by atoms with Gasteiger partial charge in [0.1, 0.15) is 16.1 Å². The van der Waals surface area contributed by atoms with Crippen LogP contribution in [-0.4, -0.2) is 21.2 Å². The first kappa shape index (κ1) is 13.5. The lowest BCUT2D eigenvalue weighted by Crippen LogP contribution is -2.12. The molecule has 0 radical (unpaired) electrons. The molecule has 5 nitrogen and oxygen atoms in total. The van der Waals surface area contributed by atoms with Crippen LogP contribution in [-0.2, 0) is 5.41 Å². The molecule has 1 N–H and O–H groups in total. The Bertz CT molecular complexity index is 620. The molecule has 0 saturated carbocycles. The van der Waals surface area contributed by atoms with Gasteiger partial charge >= 0.3 is 5.97 Å². The minimum Gasteiger partial charge on any atom is -0.477 e. The summed E-state index contributed by atoms with van der Waals surface area (Å²) in [5.41, 5.74) is 1.63. The van der Waals surface area contributed by atoms with Crippen molar-refractivity contribution < 1.29 is 14.4 Å². The SMILES string of the molecule is CC(C)(C)c1nocc1/C=C/c1ncc(C(=O)O)s1. The molecule has 2 aromatic rings. The summed E-state index contributed by atoms with van der Waals surface area (Å²) in [6.45, 7) is 6.15. The number of nitrogens with zero attached hydrogens (tertiary/aromatic N) is 2. The summed E-state index contributed by atoms with van der Waals surface area (Å²) in [6, 6.07) is 0. The molecular formula is C13H14N2O3S. The third-order valence-electron chi connectivity index (χ3n) is 2.45. The lowest BCUT2D eigenvalue weighted by molar-refractivity contribution is 0.0702. The van der Waals surface area contributed by atoms with Crippen LogP contribution in [0.3, 0.4) is 0 Å². The fraction of sp³-hybridized carbons (Fsp3) is 0.308. The van der Waals surface area contributed by atoms with Crippen LogP contribution in [0.4, 0.5) is 0 Å². The van der Waals surface area contributed by atoms with E-state index >= 15 is 0 Å². The molecule has 0 fully saturated rings. The van der Waals surface area contributed by atoms with Crippen LogP contribution in [0.2, 0.25) is 0 Å². The van der Waals surface area contributed by atoms with Gasteiger partial charge in [0.2, 0.25) is 0 Å². The topological polar surface area (TPSA) is 76.2 Å². The van der Waals surface area contributed by atoms with Crippen molar-refractivity contribution in [2.45, 2.75) is 26.2 Å². The maximum absolute atomic E-state index is 10.8. The highest BCUT2D eigenvalue weighted by Gasteiger charge is 2.20. The molecule has 0 spiro atoms. The summed E-state index contributed by atoms with van der Waals surface area (Å²) in [6.07, 6.45) is 6.52. The van der Waals surface area contributed by atoms with Gasteiger partial charge in [0, 0.05) is 11.0 Å². The number of aromatic nitrogens is 2. The molecule has 2 aromatic heterocycles. The van der Waals surface area contributed by atoms with E-state index in [1.54, 1.807) is 12.3 Å². The molecule has 0 amide bonds. The van der Waals surface area contributed by atoms with Crippen molar-refractivity contribution in [3.05, 3.63) is 33.6 Å². The van der Waals surface area contributed by atoms with E-state index in [-0.39, 0.29) is 10.3 Å². The summed E-state index contributed by atoms with van der Waals surface area (Å²) in [5, 5.41) is 13.5. The Kier molecular flexibility index (Phi) is 3.53. The van der Waals surface area contributed by atoms with Crippen LogP contribution >= 0.6 is 11.3 Å². The number of thiazole rings is 1. The van der Waals surface area contributed by atoms with E-state index in [2.05, 4.69) is 10.1 Å². The van der Waals surface area contributed by atoms with Gasteiger partial charge in [0.05, 0.1) is 11.9 Å². The highest BCUT2D eigenvalue weighted by Crippen LogP contribution is 2.26. The zero-order valence-electron chi connectivity index (χ0n) is 10.9. The summed E-state index contributed by atoms with van der Waals surface area (Å²) in [4.78, 5) is 15.0. The highest BCUT2D eigenvalue weighted by molar-refractivity contribution is 7.14. The highest BCUT2D eigenvalue weighted by atomic mass is 32.1. The first-order valence-electron chi connectivity index (χ1n) is 5.70. The van der Waals surface area contributed by atoms with E-state index in [0.29, 0.717) is 5.01 Å². The van der Waals surface area contributed by atoms with Gasteiger partial charge in [-0.1, -0.05) is 25.9 Å². The van der Waals surface area contributed by atoms with E-state index < -0.39 is 5.97 Å². The maximum Gasteiger partial charge on any atom is 0.347 e. The van der Waals surface area contributed by atoms with E-state index in [1.807, 2.05) is 26.8 Å². The average Bonchev–Trinajstić information content (AvgIpc) is 2.94. The van der Waals surface area contributed by atoms with E-state index in [1.165, 1.54) is 6.20 Å². The zero-order chi connectivity index (χ0) is 14.0. The monoisotopic (exact) mass is 278 g/mol. The van der Waals surface area contributed by atoms with Crippen LogP contribution in [0.25, 0.3) is 12.2 Å². The van der Waals surface area contributed by atoms with Gasteiger partial charge in [0.25, 0.3) is 0 Å². The van der Waals surface area contributed by atoms with E-state index in [0.717, 1.165) is 22.6 Å². The normalized spacial score (nSPS) is 12.2. The average molecular weight is 278 g/mol. The van der Waals surface area contributed by atoms with Crippen molar-refractivity contribution in [2.24, 2.45) is 0 Å². The molecule has 0 atom stereocenters. The lowest BCUT2D eigenvalue weighted by Gasteiger charge is -2.14. The first-order valence-corrected chi connectivity index (χ1v) is 6.51. The second-order valence-electron chi connectivity index (χ2n) is 5.07. The molecule has 2 heterocycles. The van der Waals surface area contributed by atoms with Crippen molar-refractivity contribution in [2.75, 3.05) is 0 Å². The fourth-order valence-corrected chi connectivity index (χ4v) is 2.22. The first-order chi connectivity index (χ1) is 8.88. The summed E-state index contributed by atoms with van der Waals surface area (Å²) < 4.78 is 4.99. The predicted molar refractivity (Wildman–Crippen MR) is 73.2 cm³/mol. The molecule has 0 unspecified atom stereocenters. The molecule has 19 heavy (non-hydrogen) atoms. The fourth-order valence-electron chi connectivity index (χ4n) is 1.56. The molecule has 0 aliphatic rings. The summed E-state index contributed by atoms with van der Waals surface area (Å²) in [7, 11) is 0. The molecule has 100 valence electrons. The third kappa shape index (κ3) is 3.08. The molecule has 0 aromatic carbocycles. The second kappa shape index (κ2) is 4.97. The number of carboxylic acids is 1. The van der Waals surface area contributed by atoms with Gasteiger partial charge in [-0.05, 0) is 12.2 Å². The van der Waals surface area contributed by atoms with Crippen molar-refractivity contribution in [3.63, 3.8) is 0 Å². The molecule has 0 bridgehead atoms. The Morgan fingerprint density at radius 1 is 1.42 bits per heavy atom. The molecule has 0 aliphatic carbocycles. The third-order valence-corrected chi connectivity index (χ3v) is 3.40. The Morgan fingerprint density at radius 3 is 2.74 bits per heavy atom. The van der Waals surface area contributed by atoms with Gasteiger partial charge in [-0.25, -0.2) is 9.78 Å². The predicted octanol–water partition coefficient (Wildman–Crippen LogP) is 3.30. The van der Waals surface area contributed by atoms with Crippen LogP contribution in [0.1, 0.15) is 46.7 Å². The lowest BCUT2D eigenvalue weighted by atomic mass is 9.89. The number of hydrogen-bond donors (Lipinski definition) is 1. The van der Waals surface area contributed by atoms with Gasteiger partial charge in [0.15, 0.2) is 0 Å². The quantitative estimate of drug-likeness (QED) is 0.932. The second-order valence-corrected chi connectivity index (χ2v) is 6.13. The summed E-state index contributed by atoms with van der Waals surface area (Å²) in [5.74, 6) is -0.961. The van der Waals surface area contributed by atoms with Crippen LogP contribution in [0.5, 0.6) is 0 Å². The molecular weight excluding hydrogens is 264 g/mol. The van der Waals surface area contributed by atoms with Crippen LogP contribution < -0.4 is 0 Å². The number of hydrogen-bond acceptors (Lipinski definition) is 5. The minimum atomic E-state index is -0.961. The summed E-state index contributed by atoms with van der Waals surface area (Å²) >= 11 is 1.13. The smallest absolute Gasteiger partial charge is 0.347 e. The van der Waals surface area contributed by atoms with Crippen molar-refractivity contribution >= 4 is 29.5 Å². The van der Waals surface area contributed by atoms with Crippen LogP contribution in [0.15, 0.2) is 17.0 Å². The van der Waals surface area contributed by atoms with Crippen molar-refractivity contribution in [1.29, 1.82) is 0 Å². The Balaban J connectivity index is 2.23. The van der Waals surface area contributed by atoms with Gasteiger partial charge in [-0.3, -0.25) is 0 Å². The van der Waals surface area contributed by atoms with E-state index in [9.17, 15) is 4.79 Å². The molecule has 0 aliphatic heterocycles. The number of carbonyl (C=O) groups is 1. The van der Waals surface area contributed by atoms with Gasteiger partial charge in [-0.15, -0.1) is 11.3 Å². The largest absolute Gasteiger partial charge is 0.477 e. The minimum absolute atomic E-state index is 0.109. The van der Waals surface area contributed by atoms with Crippen molar-refractivity contribution in [3.8, 4) is 0 Å². The Morgan fingerprint density at radius 2 is 2.16 bits per heavy atom. The van der Waals surface area contributed by atoms with Crippen molar-refractivity contribution in [1.82, 2.24) is 10.1 Å². The Hall–Kier alpha value is -1.95. The van der Waals surface area contributed by atoms with Gasteiger partial charge < -0.3 is 9.63 Å². The van der Waals surface area contributed by atoms with Gasteiger partial charge in [-0.2, -0.15) is 0 Å². The zero-order valence-corrected chi connectivity index (χ0v) is 11.7. The number of rotatable bonds is 3. The number of aromatic carboxylic acids is 1. The molecule has 2 rings (SSSR count). The standard InChI is InChI=1S/C13H14N2O3S/c1-13(2,3)11-8(7-18-15-11)4-5-10-14-6-9(19-10)12(16)17/h4-7H,1-3H3,(H,16,17)/b5-4+. The molecule has 6 heteroatoms. The van der Waals surface area contributed by atoms with Crippen LogP contribution in [0, 0.1) is 0 Å². The number of carboxylic acid groups (broad SMARTS) is 1.